The van der Waals surface area contributed by atoms with Crippen molar-refractivity contribution in [1.82, 2.24) is 5.32 Å². The zero-order valence-corrected chi connectivity index (χ0v) is 13.6. The average molecular weight is 356 g/mol. The highest BCUT2D eigenvalue weighted by molar-refractivity contribution is 9.10. The van der Waals surface area contributed by atoms with Crippen LogP contribution >= 0.6 is 15.9 Å². The Labute approximate surface area is 131 Å². The molecule has 0 aliphatic carbocycles. The molecule has 0 aromatic heterocycles. The normalized spacial score (nSPS) is 14.5. The molecule has 0 saturated heterocycles. The summed E-state index contributed by atoms with van der Waals surface area (Å²) < 4.78 is 6.23. The van der Waals surface area contributed by atoms with Crippen molar-refractivity contribution < 1.29 is 14.3 Å². The van der Waals surface area contributed by atoms with E-state index >= 15 is 0 Å². The summed E-state index contributed by atoms with van der Waals surface area (Å²) in [4.78, 5) is 25.5. The molecule has 6 nitrogen and oxygen atoms in total. The summed E-state index contributed by atoms with van der Waals surface area (Å²) in [5.74, 6) is 0.0787. The second kappa shape index (κ2) is 6.03. The number of rotatable bonds is 4. The highest BCUT2D eigenvalue weighted by Crippen LogP contribution is 2.34. The smallest absolute Gasteiger partial charge is 0.265 e. The lowest BCUT2D eigenvalue weighted by Crippen LogP contribution is -2.53. The number of nitrogens with zero attached hydrogens (tertiary/aromatic N) is 1. The van der Waals surface area contributed by atoms with Crippen LogP contribution in [0.4, 0.5) is 5.69 Å². The molecule has 0 radical (unpaired) electrons. The van der Waals surface area contributed by atoms with Crippen LogP contribution in [-0.4, -0.2) is 37.0 Å². The molecule has 1 aliphatic heterocycles. The molecule has 0 unspecified atom stereocenters. The molecule has 0 atom stereocenters. The molecule has 1 heterocycles. The molecule has 0 spiro atoms. The van der Waals surface area contributed by atoms with Gasteiger partial charge >= 0.3 is 0 Å². The molecule has 0 fully saturated rings. The van der Waals surface area contributed by atoms with Crippen LogP contribution in [0, 0.1) is 0 Å². The van der Waals surface area contributed by atoms with E-state index in [1.807, 2.05) is 13.8 Å². The Morgan fingerprint density at radius 3 is 2.90 bits per heavy atom. The number of anilines is 1. The van der Waals surface area contributed by atoms with Gasteiger partial charge in [-0.2, -0.15) is 0 Å². The lowest BCUT2D eigenvalue weighted by molar-refractivity contribution is -0.126. The third-order valence-electron chi connectivity index (χ3n) is 3.15. The first-order chi connectivity index (χ1) is 9.82. The predicted octanol–water partition coefficient (Wildman–Crippen LogP) is 1.03. The number of carbonyl (C=O) groups excluding carboxylic acids is 2. The van der Waals surface area contributed by atoms with E-state index in [1.54, 1.807) is 18.2 Å². The quantitative estimate of drug-likeness (QED) is 0.844. The van der Waals surface area contributed by atoms with Gasteiger partial charge in [-0.25, -0.2) is 0 Å². The van der Waals surface area contributed by atoms with E-state index in [4.69, 9.17) is 10.5 Å². The number of hydrogen-bond acceptors (Lipinski definition) is 4. The molecule has 1 aromatic rings. The number of hydrogen-bond donors (Lipinski definition) is 2. The van der Waals surface area contributed by atoms with E-state index in [9.17, 15) is 9.59 Å². The number of halogens is 1. The minimum Gasteiger partial charge on any atom is -0.482 e. The van der Waals surface area contributed by atoms with Gasteiger partial charge in [0.1, 0.15) is 12.3 Å². The molecule has 0 bridgehead atoms. The van der Waals surface area contributed by atoms with Crippen LogP contribution < -0.4 is 20.7 Å². The van der Waals surface area contributed by atoms with Crippen molar-refractivity contribution in [2.75, 3.05) is 24.6 Å². The number of nitrogens with two attached hydrogens (primary N) is 1. The standard InChI is InChI=1S/C14H18BrN3O3/c1-14(2,8-16)17-12(19)6-18-10-4-3-9(15)5-11(10)21-7-13(18)20/h3-5H,6-8,16H2,1-2H3,(H,17,19). The lowest BCUT2D eigenvalue weighted by atomic mass is 10.1. The average Bonchev–Trinajstić information content (AvgIpc) is 2.41. The van der Waals surface area contributed by atoms with Gasteiger partial charge in [-0.15, -0.1) is 0 Å². The van der Waals surface area contributed by atoms with E-state index < -0.39 is 5.54 Å². The number of benzene rings is 1. The molecule has 0 saturated carbocycles. The van der Waals surface area contributed by atoms with Crippen LogP contribution in [-0.2, 0) is 9.59 Å². The van der Waals surface area contributed by atoms with Gasteiger partial charge in [-0.3, -0.25) is 14.5 Å². The van der Waals surface area contributed by atoms with Gasteiger partial charge in [0.2, 0.25) is 5.91 Å². The van der Waals surface area contributed by atoms with Gasteiger partial charge in [0.25, 0.3) is 5.91 Å². The van der Waals surface area contributed by atoms with Gasteiger partial charge in [0.15, 0.2) is 6.61 Å². The van der Waals surface area contributed by atoms with Crippen LogP contribution in [0.15, 0.2) is 22.7 Å². The van der Waals surface area contributed by atoms with E-state index in [1.165, 1.54) is 4.90 Å². The van der Waals surface area contributed by atoms with Gasteiger partial charge in [-0.05, 0) is 32.0 Å². The zero-order valence-electron chi connectivity index (χ0n) is 12.0. The Morgan fingerprint density at radius 2 is 2.24 bits per heavy atom. The van der Waals surface area contributed by atoms with Crippen molar-refractivity contribution in [3.8, 4) is 5.75 Å². The summed E-state index contributed by atoms with van der Waals surface area (Å²) in [6.07, 6.45) is 0. The van der Waals surface area contributed by atoms with Crippen molar-refractivity contribution in [1.29, 1.82) is 0 Å². The van der Waals surface area contributed by atoms with E-state index in [-0.39, 0.29) is 25.0 Å². The van der Waals surface area contributed by atoms with Crippen LogP contribution in [0.2, 0.25) is 0 Å². The summed E-state index contributed by atoms with van der Waals surface area (Å²) in [5, 5.41) is 2.81. The summed E-state index contributed by atoms with van der Waals surface area (Å²) in [6, 6.07) is 5.32. The molecule has 2 rings (SSSR count). The number of ether oxygens (including phenoxy) is 1. The molecular formula is C14H18BrN3O3. The molecular weight excluding hydrogens is 338 g/mol. The van der Waals surface area contributed by atoms with Gasteiger partial charge in [0, 0.05) is 16.6 Å². The topological polar surface area (TPSA) is 84.7 Å². The number of nitrogens with one attached hydrogen (secondary N) is 1. The fraction of sp³-hybridized carbons (Fsp3) is 0.429. The van der Waals surface area contributed by atoms with Crippen molar-refractivity contribution in [2.45, 2.75) is 19.4 Å². The number of amides is 2. The van der Waals surface area contributed by atoms with Crippen LogP contribution in [0.3, 0.4) is 0 Å². The summed E-state index contributed by atoms with van der Waals surface area (Å²) in [5.41, 5.74) is 5.68. The first-order valence-corrected chi connectivity index (χ1v) is 7.35. The monoisotopic (exact) mass is 355 g/mol. The maximum absolute atomic E-state index is 12.1. The molecule has 114 valence electrons. The fourth-order valence-electron chi connectivity index (χ4n) is 1.96. The largest absolute Gasteiger partial charge is 0.482 e. The van der Waals surface area contributed by atoms with Gasteiger partial charge in [0.05, 0.1) is 5.69 Å². The Balaban J connectivity index is 2.17. The summed E-state index contributed by atoms with van der Waals surface area (Å²) >= 11 is 3.35. The molecule has 2 amide bonds. The van der Waals surface area contributed by atoms with Crippen LogP contribution in [0.5, 0.6) is 5.75 Å². The minimum atomic E-state index is -0.505. The first-order valence-electron chi connectivity index (χ1n) is 6.56. The molecule has 1 aromatic carbocycles. The van der Waals surface area contributed by atoms with Crippen LogP contribution in [0.25, 0.3) is 0 Å². The van der Waals surface area contributed by atoms with Gasteiger partial charge in [-0.1, -0.05) is 15.9 Å². The highest BCUT2D eigenvalue weighted by Gasteiger charge is 2.28. The zero-order chi connectivity index (χ0) is 15.6. The fourth-order valence-corrected chi connectivity index (χ4v) is 2.30. The molecule has 1 aliphatic rings. The Hall–Kier alpha value is -1.60. The second-order valence-electron chi connectivity index (χ2n) is 5.52. The predicted molar refractivity (Wildman–Crippen MR) is 83.3 cm³/mol. The Kier molecular flexibility index (Phi) is 4.53. The summed E-state index contributed by atoms with van der Waals surface area (Å²) in [6.45, 7) is 3.85. The van der Waals surface area contributed by atoms with Crippen molar-refractivity contribution in [2.24, 2.45) is 5.73 Å². The van der Waals surface area contributed by atoms with E-state index in [2.05, 4.69) is 21.2 Å². The van der Waals surface area contributed by atoms with Crippen molar-refractivity contribution >= 4 is 33.4 Å². The Bertz CT molecular complexity index is 575. The number of carbonyl (C=O) groups is 2. The lowest BCUT2D eigenvalue weighted by Gasteiger charge is -2.31. The Morgan fingerprint density at radius 1 is 1.52 bits per heavy atom. The third kappa shape index (κ3) is 3.74. The highest BCUT2D eigenvalue weighted by atomic mass is 79.9. The molecule has 21 heavy (non-hydrogen) atoms. The second-order valence-corrected chi connectivity index (χ2v) is 6.43. The molecule has 7 heteroatoms. The van der Waals surface area contributed by atoms with Crippen molar-refractivity contribution in [3.63, 3.8) is 0 Å². The first kappa shape index (κ1) is 15.8. The third-order valence-corrected chi connectivity index (χ3v) is 3.65. The van der Waals surface area contributed by atoms with Gasteiger partial charge < -0.3 is 15.8 Å². The maximum atomic E-state index is 12.1. The summed E-state index contributed by atoms with van der Waals surface area (Å²) in [7, 11) is 0. The maximum Gasteiger partial charge on any atom is 0.265 e. The number of fused-ring (bicyclic) bond motifs is 1. The van der Waals surface area contributed by atoms with E-state index in [0.29, 0.717) is 18.0 Å². The van der Waals surface area contributed by atoms with Crippen molar-refractivity contribution in [3.05, 3.63) is 22.7 Å². The minimum absolute atomic E-state index is 0.0553. The molecule has 3 N–H and O–H groups in total. The van der Waals surface area contributed by atoms with E-state index in [0.717, 1.165) is 4.47 Å². The SMILES string of the molecule is CC(C)(CN)NC(=O)CN1C(=O)COc2cc(Br)ccc21. The van der Waals surface area contributed by atoms with Crippen LogP contribution in [0.1, 0.15) is 13.8 Å².